The van der Waals surface area contributed by atoms with Gasteiger partial charge in [-0.1, -0.05) is 30.2 Å². The molecule has 6 nitrogen and oxygen atoms in total. The zero-order chi connectivity index (χ0) is 16.9. The lowest BCUT2D eigenvalue weighted by Gasteiger charge is -2.08. The van der Waals surface area contributed by atoms with Crippen molar-refractivity contribution >= 4 is 28.8 Å². The maximum absolute atomic E-state index is 13.1. The Bertz CT molecular complexity index is 743. The standard InChI is InChI=1S/C16H17FN4O2S/c17-11-6-3-7-12(8-11)19-15(23)16-21-20-13(24-16)9-18-14(22)10-4-1-2-5-10/h3,6-8,10H,1-2,4-5,9H2,(H,18,22)(H,19,23). The van der Waals surface area contributed by atoms with Crippen LogP contribution in [0.15, 0.2) is 24.3 Å². The number of carbonyl (C=O) groups excluding carboxylic acids is 2. The van der Waals surface area contributed by atoms with Gasteiger partial charge in [-0.3, -0.25) is 9.59 Å². The number of nitrogens with zero attached hydrogens (tertiary/aromatic N) is 2. The number of hydrogen-bond acceptors (Lipinski definition) is 5. The zero-order valence-corrected chi connectivity index (χ0v) is 13.7. The summed E-state index contributed by atoms with van der Waals surface area (Å²) in [5.41, 5.74) is 0.353. The van der Waals surface area contributed by atoms with E-state index >= 15 is 0 Å². The molecule has 2 amide bonds. The van der Waals surface area contributed by atoms with E-state index in [1.807, 2.05) is 0 Å². The van der Waals surface area contributed by atoms with Crippen LogP contribution in [0.2, 0.25) is 0 Å². The van der Waals surface area contributed by atoms with Gasteiger partial charge in [-0.15, -0.1) is 10.2 Å². The van der Waals surface area contributed by atoms with E-state index in [0.717, 1.165) is 37.0 Å². The van der Waals surface area contributed by atoms with Crippen LogP contribution < -0.4 is 10.6 Å². The highest BCUT2D eigenvalue weighted by molar-refractivity contribution is 7.13. The lowest BCUT2D eigenvalue weighted by atomic mass is 10.1. The van der Waals surface area contributed by atoms with Gasteiger partial charge >= 0.3 is 0 Å². The minimum atomic E-state index is -0.452. The van der Waals surface area contributed by atoms with Crippen LogP contribution in [0.4, 0.5) is 10.1 Å². The van der Waals surface area contributed by atoms with E-state index in [4.69, 9.17) is 0 Å². The number of amides is 2. The third-order valence-corrected chi connectivity index (χ3v) is 4.81. The van der Waals surface area contributed by atoms with E-state index in [-0.39, 0.29) is 23.4 Å². The van der Waals surface area contributed by atoms with Crippen LogP contribution in [0.1, 0.15) is 40.5 Å². The van der Waals surface area contributed by atoms with Crippen molar-refractivity contribution in [1.29, 1.82) is 0 Å². The number of halogens is 1. The fraction of sp³-hybridized carbons (Fsp3) is 0.375. The van der Waals surface area contributed by atoms with Gasteiger partial charge in [0.05, 0.1) is 6.54 Å². The van der Waals surface area contributed by atoms with E-state index < -0.39 is 11.7 Å². The molecule has 0 radical (unpaired) electrons. The normalized spacial score (nSPS) is 14.5. The summed E-state index contributed by atoms with van der Waals surface area (Å²) in [6, 6.07) is 5.62. The summed E-state index contributed by atoms with van der Waals surface area (Å²) in [6.45, 7) is 0.264. The Hall–Kier alpha value is -2.35. The van der Waals surface area contributed by atoms with Crippen LogP contribution in [0.3, 0.4) is 0 Å². The molecule has 1 aliphatic rings. The molecule has 24 heavy (non-hydrogen) atoms. The SMILES string of the molecule is O=C(Nc1cccc(F)c1)c1nnc(CNC(=O)C2CCCC2)s1. The lowest BCUT2D eigenvalue weighted by molar-refractivity contribution is -0.124. The Morgan fingerprint density at radius 2 is 2.04 bits per heavy atom. The molecule has 3 rings (SSSR count). The number of anilines is 1. The average molecular weight is 348 g/mol. The van der Waals surface area contributed by atoms with Crippen molar-refractivity contribution in [2.24, 2.45) is 5.92 Å². The lowest BCUT2D eigenvalue weighted by Crippen LogP contribution is -2.28. The molecule has 1 heterocycles. The highest BCUT2D eigenvalue weighted by Gasteiger charge is 2.22. The van der Waals surface area contributed by atoms with Gasteiger partial charge in [0.25, 0.3) is 5.91 Å². The van der Waals surface area contributed by atoms with Gasteiger partial charge in [0.15, 0.2) is 0 Å². The third kappa shape index (κ3) is 4.14. The van der Waals surface area contributed by atoms with Crippen LogP contribution >= 0.6 is 11.3 Å². The predicted octanol–water partition coefficient (Wildman–Crippen LogP) is 2.74. The molecular weight excluding hydrogens is 331 g/mol. The summed E-state index contributed by atoms with van der Waals surface area (Å²) in [7, 11) is 0. The number of benzene rings is 1. The van der Waals surface area contributed by atoms with Gasteiger partial charge in [-0.2, -0.15) is 0 Å². The van der Waals surface area contributed by atoms with Crippen molar-refractivity contribution < 1.29 is 14.0 Å². The van der Waals surface area contributed by atoms with Crippen LogP contribution in [0.5, 0.6) is 0 Å². The molecule has 0 saturated heterocycles. The number of rotatable bonds is 5. The summed E-state index contributed by atoms with van der Waals surface area (Å²) >= 11 is 1.11. The first-order chi connectivity index (χ1) is 11.6. The average Bonchev–Trinajstić information content (AvgIpc) is 3.24. The van der Waals surface area contributed by atoms with E-state index in [0.29, 0.717) is 10.7 Å². The molecule has 0 spiro atoms. The van der Waals surface area contributed by atoms with Crippen molar-refractivity contribution in [3.8, 4) is 0 Å². The summed E-state index contributed by atoms with van der Waals surface area (Å²) in [5, 5.41) is 13.9. The van der Waals surface area contributed by atoms with Gasteiger partial charge in [0, 0.05) is 11.6 Å². The van der Waals surface area contributed by atoms with Crippen LogP contribution in [-0.4, -0.2) is 22.0 Å². The Morgan fingerprint density at radius 1 is 1.25 bits per heavy atom. The fourth-order valence-electron chi connectivity index (χ4n) is 2.66. The Kier molecular flexibility index (Phi) is 5.14. The van der Waals surface area contributed by atoms with Gasteiger partial charge in [0.2, 0.25) is 10.9 Å². The summed E-state index contributed by atoms with van der Waals surface area (Å²) in [5.74, 6) is -0.756. The second-order valence-electron chi connectivity index (χ2n) is 5.66. The van der Waals surface area contributed by atoms with Crippen molar-refractivity contribution in [2.45, 2.75) is 32.2 Å². The van der Waals surface area contributed by atoms with Crippen LogP contribution in [0.25, 0.3) is 0 Å². The molecule has 1 saturated carbocycles. The van der Waals surface area contributed by atoms with Crippen molar-refractivity contribution in [1.82, 2.24) is 15.5 Å². The first-order valence-corrected chi connectivity index (χ1v) is 8.60. The first kappa shape index (κ1) is 16.5. The third-order valence-electron chi connectivity index (χ3n) is 3.88. The molecule has 1 fully saturated rings. The van der Waals surface area contributed by atoms with Gasteiger partial charge in [-0.05, 0) is 31.0 Å². The molecule has 0 unspecified atom stereocenters. The quantitative estimate of drug-likeness (QED) is 0.870. The zero-order valence-electron chi connectivity index (χ0n) is 12.9. The predicted molar refractivity (Wildman–Crippen MR) is 88.1 cm³/mol. The molecule has 2 aromatic rings. The maximum atomic E-state index is 13.1. The van der Waals surface area contributed by atoms with Gasteiger partial charge in [-0.25, -0.2) is 4.39 Å². The number of carbonyl (C=O) groups is 2. The second kappa shape index (κ2) is 7.48. The highest BCUT2D eigenvalue weighted by Crippen LogP contribution is 2.24. The van der Waals surface area contributed by atoms with Crippen molar-refractivity contribution in [2.75, 3.05) is 5.32 Å². The topological polar surface area (TPSA) is 84.0 Å². The van der Waals surface area contributed by atoms with E-state index in [1.165, 1.54) is 18.2 Å². The summed E-state index contributed by atoms with van der Waals surface area (Å²) in [6.07, 6.45) is 4.06. The highest BCUT2D eigenvalue weighted by atomic mass is 32.1. The molecule has 0 atom stereocenters. The molecule has 1 aromatic carbocycles. The number of hydrogen-bond donors (Lipinski definition) is 2. The van der Waals surface area contributed by atoms with Gasteiger partial charge in [0.1, 0.15) is 10.8 Å². The minimum Gasteiger partial charge on any atom is -0.349 e. The Balaban J connectivity index is 1.54. The van der Waals surface area contributed by atoms with Crippen LogP contribution in [0, 0.1) is 11.7 Å². The van der Waals surface area contributed by atoms with Crippen molar-refractivity contribution in [3.63, 3.8) is 0 Å². The molecular formula is C16H17FN4O2S. The summed E-state index contributed by atoms with van der Waals surface area (Å²) < 4.78 is 13.1. The van der Waals surface area contributed by atoms with Gasteiger partial charge < -0.3 is 10.6 Å². The van der Waals surface area contributed by atoms with E-state index in [9.17, 15) is 14.0 Å². The molecule has 1 aromatic heterocycles. The Labute approximate surface area is 142 Å². The molecule has 8 heteroatoms. The molecule has 2 N–H and O–H groups in total. The number of nitrogens with one attached hydrogen (secondary N) is 2. The molecule has 1 aliphatic carbocycles. The van der Waals surface area contributed by atoms with E-state index in [2.05, 4.69) is 20.8 Å². The largest absolute Gasteiger partial charge is 0.349 e. The smallest absolute Gasteiger partial charge is 0.286 e. The maximum Gasteiger partial charge on any atom is 0.286 e. The second-order valence-corrected chi connectivity index (χ2v) is 6.73. The monoisotopic (exact) mass is 348 g/mol. The molecule has 0 bridgehead atoms. The minimum absolute atomic E-state index is 0.0356. The fourth-order valence-corrected chi connectivity index (χ4v) is 3.34. The molecule has 0 aliphatic heterocycles. The van der Waals surface area contributed by atoms with Crippen LogP contribution in [-0.2, 0) is 11.3 Å². The van der Waals surface area contributed by atoms with E-state index in [1.54, 1.807) is 6.07 Å². The summed E-state index contributed by atoms with van der Waals surface area (Å²) in [4.78, 5) is 24.0. The van der Waals surface area contributed by atoms with Crippen molar-refractivity contribution in [3.05, 3.63) is 40.1 Å². The first-order valence-electron chi connectivity index (χ1n) is 7.79. The number of aromatic nitrogens is 2. The Morgan fingerprint density at radius 3 is 2.79 bits per heavy atom. The molecule has 126 valence electrons.